The van der Waals surface area contributed by atoms with E-state index in [2.05, 4.69) is 10.2 Å². The van der Waals surface area contributed by atoms with Gasteiger partial charge in [-0.15, -0.1) is 0 Å². The Balaban J connectivity index is 1.89. The number of carbonyl (C=O) groups excluding carboxylic acids is 2. The SMILES string of the molecule is Cc1ccc(C(=O)N2CCCCC2c2cc(C(N)=O)n[nH]2)cc1F. The van der Waals surface area contributed by atoms with Gasteiger partial charge in [0.05, 0.1) is 11.7 Å². The van der Waals surface area contributed by atoms with Crippen LogP contribution >= 0.6 is 0 Å². The summed E-state index contributed by atoms with van der Waals surface area (Å²) in [4.78, 5) is 25.7. The normalized spacial score (nSPS) is 17.8. The molecule has 1 unspecified atom stereocenters. The van der Waals surface area contributed by atoms with Crippen molar-refractivity contribution in [1.29, 1.82) is 0 Å². The zero-order valence-corrected chi connectivity index (χ0v) is 13.4. The van der Waals surface area contributed by atoms with Crippen LogP contribution in [0.2, 0.25) is 0 Å². The fraction of sp³-hybridized carbons (Fsp3) is 0.353. The first kappa shape index (κ1) is 16.2. The van der Waals surface area contributed by atoms with Crippen molar-refractivity contribution >= 4 is 11.8 Å². The van der Waals surface area contributed by atoms with E-state index < -0.39 is 11.7 Å². The number of rotatable bonds is 3. The summed E-state index contributed by atoms with van der Waals surface area (Å²) in [6.45, 7) is 2.23. The molecule has 1 aromatic heterocycles. The van der Waals surface area contributed by atoms with Crippen LogP contribution in [0.25, 0.3) is 0 Å². The summed E-state index contributed by atoms with van der Waals surface area (Å²) >= 11 is 0. The molecule has 6 nitrogen and oxygen atoms in total. The molecule has 1 fully saturated rings. The third-order valence-corrected chi connectivity index (χ3v) is 4.39. The zero-order chi connectivity index (χ0) is 17.3. The van der Waals surface area contributed by atoms with Gasteiger partial charge < -0.3 is 10.6 Å². The molecule has 2 aromatic rings. The van der Waals surface area contributed by atoms with Gasteiger partial charge >= 0.3 is 0 Å². The van der Waals surface area contributed by atoms with E-state index in [0.29, 0.717) is 23.4 Å². The third kappa shape index (κ3) is 3.02. The van der Waals surface area contributed by atoms with Crippen LogP contribution < -0.4 is 5.73 Å². The number of halogens is 1. The van der Waals surface area contributed by atoms with E-state index in [9.17, 15) is 14.0 Å². The number of benzene rings is 1. The van der Waals surface area contributed by atoms with E-state index in [1.54, 1.807) is 30.0 Å². The molecule has 2 heterocycles. The van der Waals surface area contributed by atoms with Crippen molar-refractivity contribution in [2.75, 3.05) is 6.54 Å². The first-order valence-corrected chi connectivity index (χ1v) is 7.89. The number of nitrogens with one attached hydrogen (secondary N) is 1. The lowest BCUT2D eigenvalue weighted by atomic mass is 9.97. The van der Waals surface area contributed by atoms with Crippen molar-refractivity contribution < 1.29 is 14.0 Å². The van der Waals surface area contributed by atoms with Crippen LogP contribution in [0, 0.1) is 12.7 Å². The van der Waals surface area contributed by atoms with Crippen molar-refractivity contribution in [2.45, 2.75) is 32.2 Å². The maximum Gasteiger partial charge on any atom is 0.269 e. The van der Waals surface area contributed by atoms with Crippen LogP contribution in [0.3, 0.4) is 0 Å². The van der Waals surface area contributed by atoms with Crippen LogP contribution in [-0.4, -0.2) is 33.5 Å². The second-order valence-electron chi connectivity index (χ2n) is 6.05. The van der Waals surface area contributed by atoms with E-state index in [-0.39, 0.29) is 17.6 Å². The van der Waals surface area contributed by atoms with Gasteiger partial charge in [0.1, 0.15) is 11.5 Å². The molecule has 2 amide bonds. The predicted molar refractivity (Wildman–Crippen MR) is 85.9 cm³/mol. The summed E-state index contributed by atoms with van der Waals surface area (Å²) in [5.41, 5.74) is 6.86. The number of likely N-dealkylation sites (tertiary alicyclic amines) is 1. The number of carbonyl (C=O) groups is 2. The van der Waals surface area contributed by atoms with Crippen molar-refractivity contribution in [3.63, 3.8) is 0 Å². The van der Waals surface area contributed by atoms with Gasteiger partial charge in [0.2, 0.25) is 0 Å². The van der Waals surface area contributed by atoms with Crippen molar-refractivity contribution in [3.8, 4) is 0 Å². The lowest BCUT2D eigenvalue weighted by molar-refractivity contribution is 0.0605. The van der Waals surface area contributed by atoms with Crippen LogP contribution in [0.15, 0.2) is 24.3 Å². The van der Waals surface area contributed by atoms with Gasteiger partial charge in [-0.3, -0.25) is 14.7 Å². The number of aromatic nitrogens is 2. The van der Waals surface area contributed by atoms with Gasteiger partial charge in [-0.05, 0) is 49.9 Å². The van der Waals surface area contributed by atoms with Crippen LogP contribution in [-0.2, 0) is 0 Å². The van der Waals surface area contributed by atoms with Gasteiger partial charge in [-0.25, -0.2) is 4.39 Å². The molecule has 0 radical (unpaired) electrons. The molecule has 3 rings (SSSR count). The van der Waals surface area contributed by atoms with E-state index in [4.69, 9.17) is 5.73 Å². The molecular formula is C17H19FN4O2. The smallest absolute Gasteiger partial charge is 0.269 e. The summed E-state index contributed by atoms with van der Waals surface area (Å²) in [6, 6.07) is 5.85. The Morgan fingerprint density at radius 2 is 2.12 bits per heavy atom. The number of piperidine rings is 1. The molecule has 1 aromatic carbocycles. The summed E-state index contributed by atoms with van der Waals surface area (Å²) in [7, 11) is 0. The van der Waals surface area contributed by atoms with Crippen LogP contribution in [0.1, 0.15) is 57.4 Å². The largest absolute Gasteiger partial charge is 0.364 e. The second kappa shape index (κ2) is 6.43. The van der Waals surface area contributed by atoms with E-state index in [0.717, 1.165) is 19.3 Å². The number of H-pyrrole nitrogens is 1. The first-order chi connectivity index (χ1) is 11.5. The average molecular weight is 330 g/mol. The van der Waals surface area contributed by atoms with Crippen molar-refractivity contribution in [3.05, 3.63) is 52.6 Å². The van der Waals surface area contributed by atoms with Crippen LogP contribution in [0.4, 0.5) is 4.39 Å². The number of hydrogen-bond donors (Lipinski definition) is 2. The molecular weight excluding hydrogens is 311 g/mol. The highest BCUT2D eigenvalue weighted by molar-refractivity contribution is 5.95. The fourth-order valence-electron chi connectivity index (χ4n) is 3.02. The molecule has 24 heavy (non-hydrogen) atoms. The van der Waals surface area contributed by atoms with E-state index in [1.165, 1.54) is 6.07 Å². The lowest BCUT2D eigenvalue weighted by Gasteiger charge is -2.35. The Hall–Kier alpha value is -2.70. The number of nitrogens with zero attached hydrogens (tertiary/aromatic N) is 2. The average Bonchev–Trinajstić information content (AvgIpc) is 3.07. The number of primary amides is 1. The molecule has 0 spiro atoms. The standard InChI is InChI=1S/C17H19FN4O2/c1-10-5-6-11(8-12(10)18)17(24)22-7-3-2-4-15(22)13-9-14(16(19)23)21-20-13/h5-6,8-9,15H,2-4,7H2,1H3,(H2,19,23)(H,20,21). The molecule has 7 heteroatoms. The molecule has 1 atom stereocenters. The summed E-state index contributed by atoms with van der Waals surface area (Å²) < 4.78 is 13.8. The molecule has 1 aliphatic heterocycles. The molecule has 0 bridgehead atoms. The van der Waals surface area contributed by atoms with Crippen molar-refractivity contribution in [2.24, 2.45) is 5.73 Å². The molecule has 126 valence electrons. The lowest BCUT2D eigenvalue weighted by Crippen LogP contribution is -2.38. The molecule has 3 N–H and O–H groups in total. The van der Waals surface area contributed by atoms with E-state index >= 15 is 0 Å². The maximum atomic E-state index is 13.8. The summed E-state index contributed by atoms with van der Waals surface area (Å²) in [6.07, 6.45) is 2.59. The zero-order valence-electron chi connectivity index (χ0n) is 13.4. The number of amides is 2. The summed E-state index contributed by atoms with van der Waals surface area (Å²) in [5, 5.41) is 6.68. The van der Waals surface area contributed by atoms with Crippen molar-refractivity contribution in [1.82, 2.24) is 15.1 Å². The number of aryl methyl sites for hydroxylation is 1. The number of aromatic amines is 1. The van der Waals surface area contributed by atoms with Gasteiger partial charge in [0.25, 0.3) is 11.8 Å². The highest BCUT2D eigenvalue weighted by Crippen LogP contribution is 2.31. The minimum absolute atomic E-state index is 0.143. The predicted octanol–water partition coefficient (Wildman–Crippen LogP) is 2.32. The van der Waals surface area contributed by atoms with E-state index in [1.807, 2.05) is 0 Å². The Bertz CT molecular complexity index is 787. The van der Waals surface area contributed by atoms with Gasteiger partial charge in [-0.2, -0.15) is 5.10 Å². The quantitative estimate of drug-likeness (QED) is 0.904. The first-order valence-electron chi connectivity index (χ1n) is 7.89. The fourth-order valence-corrected chi connectivity index (χ4v) is 3.02. The molecule has 0 aliphatic carbocycles. The Morgan fingerprint density at radius 1 is 1.33 bits per heavy atom. The highest BCUT2D eigenvalue weighted by atomic mass is 19.1. The Morgan fingerprint density at radius 3 is 2.79 bits per heavy atom. The second-order valence-corrected chi connectivity index (χ2v) is 6.05. The minimum Gasteiger partial charge on any atom is -0.364 e. The minimum atomic E-state index is -0.619. The maximum absolute atomic E-state index is 13.8. The number of hydrogen-bond acceptors (Lipinski definition) is 3. The van der Waals surface area contributed by atoms with Gasteiger partial charge in [0, 0.05) is 12.1 Å². The Labute approximate surface area is 138 Å². The third-order valence-electron chi connectivity index (χ3n) is 4.39. The molecule has 1 saturated heterocycles. The molecule has 0 saturated carbocycles. The summed E-state index contributed by atoms with van der Waals surface area (Å²) in [5.74, 6) is -1.24. The topological polar surface area (TPSA) is 92.1 Å². The van der Waals surface area contributed by atoms with Crippen LogP contribution in [0.5, 0.6) is 0 Å². The highest BCUT2D eigenvalue weighted by Gasteiger charge is 2.30. The van der Waals surface area contributed by atoms with Gasteiger partial charge in [-0.1, -0.05) is 6.07 Å². The Kier molecular flexibility index (Phi) is 4.33. The van der Waals surface area contributed by atoms with Gasteiger partial charge in [0.15, 0.2) is 0 Å². The number of nitrogens with two attached hydrogens (primary N) is 1. The molecule has 1 aliphatic rings. The monoisotopic (exact) mass is 330 g/mol.